The molecule has 0 radical (unpaired) electrons. The van der Waals surface area contributed by atoms with Gasteiger partial charge >= 0.3 is 12.0 Å². The number of fused-ring (bicyclic) bond motifs is 1. The van der Waals surface area contributed by atoms with Gasteiger partial charge in [0.1, 0.15) is 6.04 Å². The molecule has 2 heterocycles. The largest absolute Gasteiger partial charge is 0.467 e. The number of hydrogen-bond acceptors (Lipinski definition) is 6. The van der Waals surface area contributed by atoms with E-state index in [0.29, 0.717) is 38.5 Å². The smallest absolute Gasteiger partial charge is 0.328 e. The molecule has 0 saturated carbocycles. The first kappa shape index (κ1) is 22.3. The lowest BCUT2D eigenvalue weighted by molar-refractivity contribution is -0.142. The molecule has 1 aromatic heterocycles. The number of methoxy groups -OCH3 is 1. The Hall–Kier alpha value is -3.88. The summed E-state index contributed by atoms with van der Waals surface area (Å²) in [6.07, 6.45) is 0. The highest BCUT2D eigenvalue weighted by molar-refractivity contribution is 5.83. The van der Waals surface area contributed by atoms with E-state index in [9.17, 15) is 14.4 Å². The number of piperazine rings is 1. The van der Waals surface area contributed by atoms with E-state index in [-0.39, 0.29) is 11.6 Å². The molecule has 9 heteroatoms. The van der Waals surface area contributed by atoms with Gasteiger partial charge in [0.25, 0.3) is 5.56 Å². The maximum absolute atomic E-state index is 13.5. The first-order valence-corrected chi connectivity index (χ1v) is 10.9. The van der Waals surface area contributed by atoms with Crippen LogP contribution in [-0.2, 0) is 16.1 Å². The zero-order chi connectivity index (χ0) is 23.4. The lowest BCUT2D eigenvalue weighted by Crippen LogP contribution is -2.55. The van der Waals surface area contributed by atoms with Crippen molar-refractivity contribution in [2.24, 2.45) is 0 Å². The summed E-state index contributed by atoms with van der Waals surface area (Å²) in [7, 11) is 1.28. The molecule has 33 heavy (non-hydrogen) atoms. The average molecular weight is 450 g/mol. The highest BCUT2D eigenvalue weighted by Crippen LogP contribution is 2.17. The number of hydrogen-bond donors (Lipinski definition) is 1. The number of nitrogens with zero attached hydrogens (tertiary/aromatic N) is 4. The molecule has 0 aliphatic carbocycles. The van der Waals surface area contributed by atoms with Crippen molar-refractivity contribution in [1.29, 1.82) is 0 Å². The fraction of sp³-hybridized carbons (Fsp3) is 0.333. The summed E-state index contributed by atoms with van der Waals surface area (Å²) in [6, 6.07) is 16.4. The Kier molecular flexibility index (Phi) is 6.58. The Bertz CT molecular complexity index is 1200. The topological polar surface area (TPSA) is 96.8 Å². The summed E-state index contributed by atoms with van der Waals surface area (Å²) in [5, 5.41) is 2.64. The van der Waals surface area contributed by atoms with Crippen molar-refractivity contribution in [2.45, 2.75) is 19.5 Å². The normalized spacial score (nSPS) is 14.7. The first-order valence-electron chi connectivity index (χ1n) is 10.9. The van der Waals surface area contributed by atoms with E-state index in [1.807, 2.05) is 59.5 Å². The second-order valence-electron chi connectivity index (χ2n) is 7.97. The second-order valence-corrected chi connectivity index (χ2v) is 7.97. The molecule has 0 unspecified atom stereocenters. The molecule has 1 N–H and O–H groups in total. The quantitative estimate of drug-likeness (QED) is 0.597. The van der Waals surface area contributed by atoms with Crippen LogP contribution in [0.1, 0.15) is 12.5 Å². The number of rotatable bonds is 5. The number of nitrogens with one attached hydrogen (secondary N) is 1. The Morgan fingerprint density at radius 2 is 1.70 bits per heavy atom. The van der Waals surface area contributed by atoms with Crippen molar-refractivity contribution in [3.63, 3.8) is 0 Å². The standard InChI is InChI=1S/C24H27N5O4/c1-17(23(31)33-2)25-24(32)28-14-12-27(13-15-28)21-22(30)29(16-18-8-4-3-5-9-18)20-11-7-6-10-19(20)26-21/h3-11,17H,12-16H2,1-2H3,(H,25,32)/t17-/m0/s1. The van der Waals surface area contributed by atoms with E-state index >= 15 is 0 Å². The Balaban J connectivity index is 1.55. The third kappa shape index (κ3) is 4.82. The van der Waals surface area contributed by atoms with Crippen molar-refractivity contribution < 1.29 is 14.3 Å². The van der Waals surface area contributed by atoms with Gasteiger partial charge < -0.3 is 19.9 Å². The van der Waals surface area contributed by atoms with Crippen LogP contribution in [0.4, 0.5) is 10.6 Å². The summed E-state index contributed by atoms with van der Waals surface area (Å²) in [4.78, 5) is 45.7. The number of urea groups is 1. The number of amides is 2. The van der Waals surface area contributed by atoms with Crippen LogP contribution >= 0.6 is 0 Å². The van der Waals surface area contributed by atoms with Gasteiger partial charge in [-0.2, -0.15) is 0 Å². The van der Waals surface area contributed by atoms with Gasteiger partial charge in [-0.3, -0.25) is 9.36 Å². The van der Waals surface area contributed by atoms with E-state index in [4.69, 9.17) is 0 Å². The van der Waals surface area contributed by atoms with Crippen LogP contribution in [0.5, 0.6) is 0 Å². The van der Waals surface area contributed by atoms with Crippen LogP contribution in [0.2, 0.25) is 0 Å². The lowest BCUT2D eigenvalue weighted by Gasteiger charge is -2.35. The van der Waals surface area contributed by atoms with Crippen molar-refractivity contribution in [1.82, 2.24) is 19.8 Å². The van der Waals surface area contributed by atoms with Gasteiger partial charge in [-0.1, -0.05) is 42.5 Å². The molecule has 2 amide bonds. The summed E-state index contributed by atoms with van der Waals surface area (Å²) < 4.78 is 6.41. The molecule has 3 aromatic rings. The molecule has 0 bridgehead atoms. The number of carbonyl (C=O) groups is 2. The van der Waals surface area contributed by atoms with E-state index in [2.05, 4.69) is 15.0 Å². The van der Waals surface area contributed by atoms with Crippen LogP contribution < -0.4 is 15.8 Å². The monoisotopic (exact) mass is 449 g/mol. The number of ether oxygens (including phenoxy) is 1. The van der Waals surface area contributed by atoms with Gasteiger partial charge in [-0.05, 0) is 24.6 Å². The van der Waals surface area contributed by atoms with Crippen molar-refractivity contribution in [3.05, 3.63) is 70.5 Å². The maximum atomic E-state index is 13.5. The SMILES string of the molecule is COC(=O)[C@H](C)NC(=O)N1CCN(c2nc3ccccc3n(Cc3ccccc3)c2=O)CC1. The number of aromatic nitrogens is 2. The molecule has 0 spiro atoms. The minimum atomic E-state index is -0.729. The number of anilines is 1. The number of para-hydroxylation sites is 2. The third-order valence-electron chi connectivity index (χ3n) is 5.78. The fourth-order valence-electron chi connectivity index (χ4n) is 3.94. The van der Waals surface area contributed by atoms with Gasteiger partial charge in [0, 0.05) is 26.2 Å². The van der Waals surface area contributed by atoms with Gasteiger partial charge in [-0.25, -0.2) is 14.6 Å². The molecule has 9 nitrogen and oxygen atoms in total. The van der Waals surface area contributed by atoms with E-state index < -0.39 is 12.0 Å². The summed E-state index contributed by atoms with van der Waals surface area (Å²) in [6.45, 7) is 3.77. The van der Waals surface area contributed by atoms with Gasteiger partial charge in [0.05, 0.1) is 24.7 Å². The van der Waals surface area contributed by atoms with E-state index in [1.54, 1.807) is 16.4 Å². The highest BCUT2D eigenvalue weighted by atomic mass is 16.5. The van der Waals surface area contributed by atoms with Crippen LogP contribution in [0.25, 0.3) is 11.0 Å². The molecule has 1 atom stereocenters. The average Bonchev–Trinajstić information content (AvgIpc) is 2.85. The molecule has 4 rings (SSSR count). The fourth-order valence-corrected chi connectivity index (χ4v) is 3.94. The molecule has 172 valence electrons. The number of esters is 1. The maximum Gasteiger partial charge on any atom is 0.328 e. The third-order valence-corrected chi connectivity index (χ3v) is 5.78. The van der Waals surface area contributed by atoms with Gasteiger partial charge in [-0.15, -0.1) is 0 Å². The van der Waals surface area contributed by atoms with Crippen molar-refractivity contribution >= 4 is 28.9 Å². The van der Waals surface area contributed by atoms with Crippen molar-refractivity contribution in [2.75, 3.05) is 38.2 Å². The predicted molar refractivity (Wildman–Crippen MR) is 125 cm³/mol. The molecule has 1 aliphatic heterocycles. The molecule has 1 fully saturated rings. The Labute approximate surface area is 191 Å². The number of benzene rings is 2. The zero-order valence-electron chi connectivity index (χ0n) is 18.7. The van der Waals surface area contributed by atoms with Crippen LogP contribution in [0.15, 0.2) is 59.4 Å². The van der Waals surface area contributed by atoms with E-state index in [1.165, 1.54) is 7.11 Å². The summed E-state index contributed by atoms with van der Waals surface area (Å²) in [5.41, 5.74) is 2.40. The van der Waals surface area contributed by atoms with E-state index in [0.717, 1.165) is 16.6 Å². The Morgan fingerprint density at radius 3 is 2.39 bits per heavy atom. The second kappa shape index (κ2) is 9.72. The minimum absolute atomic E-state index is 0.158. The minimum Gasteiger partial charge on any atom is -0.467 e. The molecule has 1 saturated heterocycles. The Morgan fingerprint density at radius 1 is 1.03 bits per heavy atom. The first-order chi connectivity index (χ1) is 16.0. The van der Waals surface area contributed by atoms with Gasteiger partial charge in [0.15, 0.2) is 5.82 Å². The number of carbonyl (C=O) groups excluding carboxylic acids is 2. The van der Waals surface area contributed by atoms with Crippen molar-refractivity contribution in [3.8, 4) is 0 Å². The molecule has 1 aliphatic rings. The van der Waals surface area contributed by atoms with Crippen LogP contribution in [0.3, 0.4) is 0 Å². The summed E-state index contributed by atoms with van der Waals surface area (Å²) >= 11 is 0. The molecular weight excluding hydrogens is 422 g/mol. The molecule has 2 aromatic carbocycles. The zero-order valence-corrected chi connectivity index (χ0v) is 18.7. The van der Waals surface area contributed by atoms with Gasteiger partial charge in [0.2, 0.25) is 0 Å². The van der Waals surface area contributed by atoms with Crippen LogP contribution in [0, 0.1) is 0 Å². The highest BCUT2D eigenvalue weighted by Gasteiger charge is 2.26. The van der Waals surface area contributed by atoms with Crippen LogP contribution in [-0.4, -0.2) is 65.8 Å². The lowest BCUT2D eigenvalue weighted by atomic mass is 10.2. The molecular formula is C24H27N5O4. The predicted octanol–water partition coefficient (Wildman–Crippen LogP) is 1.84. The summed E-state index contributed by atoms with van der Waals surface area (Å²) in [5.74, 6) is -0.117.